The number of rotatable bonds is 16. The molecule has 0 saturated heterocycles. The molecule has 2 heterocycles. The van der Waals surface area contributed by atoms with Crippen molar-refractivity contribution in [2.75, 3.05) is 52.3 Å². The molecule has 0 unspecified atom stereocenters. The number of hydrogen-bond donors (Lipinski definition) is 1. The van der Waals surface area contributed by atoms with Crippen LogP contribution in [0.15, 0.2) is 65.3 Å². The lowest BCUT2D eigenvalue weighted by molar-refractivity contribution is 0.389. The molecule has 5 rings (SSSR count). The van der Waals surface area contributed by atoms with Crippen LogP contribution >= 0.6 is 15.9 Å². The Morgan fingerprint density at radius 1 is 0.745 bits per heavy atom. The summed E-state index contributed by atoms with van der Waals surface area (Å²) in [4.78, 5) is 12.3. The Kier molecular flexibility index (Phi) is 11.3. The molecule has 0 aliphatic rings. The Bertz CT molecular complexity index is 1760. The van der Waals surface area contributed by atoms with E-state index in [-0.39, 0.29) is 0 Å². The fourth-order valence-corrected chi connectivity index (χ4v) is 5.61. The van der Waals surface area contributed by atoms with Crippen molar-refractivity contribution in [3.05, 3.63) is 82.0 Å². The van der Waals surface area contributed by atoms with Gasteiger partial charge in [-0.15, -0.1) is 0 Å². The number of anilines is 2. The molecule has 12 heteroatoms. The third-order valence-electron chi connectivity index (χ3n) is 7.80. The van der Waals surface area contributed by atoms with Crippen molar-refractivity contribution in [3.8, 4) is 28.7 Å². The van der Waals surface area contributed by atoms with E-state index in [0.717, 1.165) is 51.8 Å². The smallest absolute Gasteiger partial charge is 0.228 e. The first-order chi connectivity index (χ1) is 22.9. The van der Waals surface area contributed by atoms with Crippen molar-refractivity contribution in [2.45, 2.75) is 39.4 Å². The summed E-state index contributed by atoms with van der Waals surface area (Å²) >= 11 is 3.53. The topological polar surface area (TPSA) is 105 Å². The number of methoxy groups -OCH3 is 5. The summed E-state index contributed by atoms with van der Waals surface area (Å²) in [7, 11) is 8.26. The number of benzene rings is 3. The molecule has 0 saturated carbocycles. The van der Waals surface area contributed by atoms with Crippen molar-refractivity contribution < 1.29 is 23.7 Å². The zero-order chi connectivity index (χ0) is 33.3. The van der Waals surface area contributed by atoms with Crippen LogP contribution in [0.5, 0.6) is 28.7 Å². The Morgan fingerprint density at radius 3 is 1.91 bits per heavy atom. The van der Waals surface area contributed by atoms with Gasteiger partial charge in [0.15, 0.2) is 11.3 Å². The van der Waals surface area contributed by atoms with Crippen LogP contribution in [0, 0.1) is 0 Å². The first kappa shape index (κ1) is 33.6. The zero-order valence-electron chi connectivity index (χ0n) is 27.7. The van der Waals surface area contributed by atoms with E-state index in [0.29, 0.717) is 59.9 Å². The van der Waals surface area contributed by atoms with Gasteiger partial charge in [-0.25, -0.2) is 4.98 Å². The summed E-state index contributed by atoms with van der Waals surface area (Å²) < 4.78 is 30.9. The predicted molar refractivity (Wildman–Crippen MR) is 187 cm³/mol. The van der Waals surface area contributed by atoms with Crippen molar-refractivity contribution in [3.63, 3.8) is 0 Å². The van der Waals surface area contributed by atoms with Crippen LogP contribution < -0.4 is 33.9 Å². The molecule has 0 aliphatic heterocycles. The largest absolute Gasteiger partial charge is 0.497 e. The van der Waals surface area contributed by atoms with Crippen LogP contribution in [-0.4, -0.2) is 61.8 Å². The van der Waals surface area contributed by atoms with Gasteiger partial charge in [0.05, 0.1) is 48.3 Å². The van der Waals surface area contributed by atoms with Gasteiger partial charge in [0.2, 0.25) is 5.95 Å². The van der Waals surface area contributed by atoms with Gasteiger partial charge in [0.25, 0.3) is 0 Å². The van der Waals surface area contributed by atoms with Gasteiger partial charge in [-0.2, -0.15) is 10.1 Å². The van der Waals surface area contributed by atoms with E-state index >= 15 is 0 Å². The van der Waals surface area contributed by atoms with E-state index in [1.54, 1.807) is 35.5 Å². The molecule has 2 aromatic heterocycles. The van der Waals surface area contributed by atoms with E-state index in [1.807, 2.05) is 65.5 Å². The number of hydrogen-bond acceptors (Lipinski definition) is 10. The molecule has 5 aromatic rings. The van der Waals surface area contributed by atoms with E-state index in [1.165, 1.54) is 0 Å². The zero-order valence-corrected chi connectivity index (χ0v) is 29.3. The minimum Gasteiger partial charge on any atom is -0.497 e. The average Bonchev–Trinajstić information content (AvgIpc) is 3.51. The van der Waals surface area contributed by atoms with E-state index in [9.17, 15) is 0 Å². The van der Waals surface area contributed by atoms with Gasteiger partial charge in [0.1, 0.15) is 34.3 Å². The highest BCUT2D eigenvalue weighted by atomic mass is 79.9. The molecule has 0 radical (unpaired) electrons. The highest BCUT2D eigenvalue weighted by Crippen LogP contribution is 2.32. The summed E-state index contributed by atoms with van der Waals surface area (Å²) in [6, 6.07) is 17.6. The van der Waals surface area contributed by atoms with Gasteiger partial charge >= 0.3 is 0 Å². The Hall–Kier alpha value is -4.71. The second-order valence-corrected chi connectivity index (χ2v) is 11.8. The summed E-state index contributed by atoms with van der Waals surface area (Å²) in [5.74, 6) is 4.82. The maximum Gasteiger partial charge on any atom is 0.228 e. The maximum atomic E-state index is 5.77. The second-order valence-electron chi connectivity index (χ2n) is 10.9. The first-order valence-electron chi connectivity index (χ1n) is 15.4. The van der Waals surface area contributed by atoms with Crippen molar-refractivity contribution in [2.24, 2.45) is 0 Å². The Morgan fingerprint density at radius 2 is 1.34 bits per heavy atom. The molecular weight excluding hydrogens is 664 g/mol. The molecule has 0 bridgehead atoms. The molecule has 0 fully saturated rings. The van der Waals surface area contributed by atoms with Crippen LogP contribution in [0.4, 0.5) is 11.8 Å². The third-order valence-corrected chi connectivity index (χ3v) is 8.29. The van der Waals surface area contributed by atoms with E-state index < -0.39 is 0 Å². The fraction of sp³-hybridized carbons (Fsp3) is 0.343. The number of unbranched alkanes of at least 4 members (excludes halogenated alkanes) is 1. The SMILES string of the molecule is CCCCNc1nc(N(Cc2ccc(OC)cc2OC)Cc2ccc(OC)cc2OC)nc2cn(Cc3ccc(Br)cc3OC)nc12. The molecule has 3 aromatic carbocycles. The number of nitrogens with one attached hydrogen (secondary N) is 1. The highest BCUT2D eigenvalue weighted by Gasteiger charge is 2.21. The maximum absolute atomic E-state index is 5.77. The molecule has 0 spiro atoms. The van der Waals surface area contributed by atoms with Crippen molar-refractivity contribution in [1.29, 1.82) is 0 Å². The minimum atomic E-state index is 0.451. The molecule has 1 N–H and O–H groups in total. The van der Waals surface area contributed by atoms with Gasteiger partial charge < -0.3 is 33.9 Å². The molecule has 248 valence electrons. The standard InChI is InChI=1S/C35H41BrN6O5/c1-7-8-15-37-34-33-29(22-42(40-33)21-25-9-12-26(36)16-30(25)45-4)38-35(39-34)41(19-23-10-13-27(43-2)17-31(23)46-5)20-24-11-14-28(44-3)18-32(24)47-6/h9-14,16-18,22H,7-8,15,19-21H2,1-6H3,(H,37,38,39). The minimum absolute atomic E-state index is 0.451. The van der Waals surface area contributed by atoms with Crippen molar-refractivity contribution >= 4 is 38.7 Å². The van der Waals surface area contributed by atoms with Gasteiger partial charge in [-0.05, 0) is 42.8 Å². The second kappa shape index (κ2) is 15.7. The molecular formula is C35H41BrN6O5. The van der Waals surface area contributed by atoms with Crippen molar-refractivity contribution in [1.82, 2.24) is 19.7 Å². The van der Waals surface area contributed by atoms with Gasteiger partial charge in [-0.1, -0.05) is 35.3 Å². The molecule has 11 nitrogen and oxygen atoms in total. The lowest BCUT2D eigenvalue weighted by atomic mass is 10.1. The number of halogens is 1. The molecule has 0 amide bonds. The van der Waals surface area contributed by atoms with E-state index in [4.69, 9.17) is 38.8 Å². The summed E-state index contributed by atoms with van der Waals surface area (Å²) in [6.45, 7) is 4.33. The van der Waals surface area contributed by atoms with Crippen LogP contribution in [0.25, 0.3) is 11.0 Å². The fourth-order valence-electron chi connectivity index (χ4n) is 5.27. The molecule has 0 aliphatic carbocycles. The lowest BCUT2D eigenvalue weighted by Crippen LogP contribution is -2.25. The number of nitrogens with zero attached hydrogens (tertiary/aromatic N) is 5. The van der Waals surface area contributed by atoms with Gasteiger partial charge in [-0.3, -0.25) is 4.68 Å². The molecule has 47 heavy (non-hydrogen) atoms. The number of ether oxygens (including phenoxy) is 5. The first-order valence-corrected chi connectivity index (χ1v) is 16.2. The Labute approximate surface area is 283 Å². The van der Waals surface area contributed by atoms with Crippen LogP contribution in [0.2, 0.25) is 0 Å². The quantitative estimate of drug-likeness (QED) is 0.107. The summed E-state index contributed by atoms with van der Waals surface area (Å²) in [5.41, 5.74) is 4.31. The normalized spacial score (nSPS) is 11.0. The number of aromatic nitrogens is 4. The van der Waals surface area contributed by atoms with Gasteiger partial charge in [0, 0.05) is 52.9 Å². The molecule has 0 atom stereocenters. The monoisotopic (exact) mass is 704 g/mol. The van der Waals surface area contributed by atoms with Crippen LogP contribution in [-0.2, 0) is 19.6 Å². The summed E-state index contributed by atoms with van der Waals surface area (Å²) in [6.07, 6.45) is 3.99. The number of fused-ring (bicyclic) bond motifs is 1. The average molecular weight is 706 g/mol. The highest BCUT2D eigenvalue weighted by molar-refractivity contribution is 9.10. The summed E-state index contributed by atoms with van der Waals surface area (Å²) in [5, 5.41) is 8.45. The third kappa shape index (κ3) is 7.99. The predicted octanol–water partition coefficient (Wildman–Crippen LogP) is 7.10. The Balaban J connectivity index is 1.60. The van der Waals surface area contributed by atoms with E-state index in [2.05, 4.69) is 33.1 Å². The van der Waals surface area contributed by atoms with Crippen LogP contribution in [0.1, 0.15) is 36.5 Å². The lowest BCUT2D eigenvalue weighted by Gasteiger charge is -2.25. The van der Waals surface area contributed by atoms with Crippen LogP contribution in [0.3, 0.4) is 0 Å².